The molecule has 0 aliphatic rings. The van der Waals surface area contributed by atoms with E-state index in [0.29, 0.717) is 6.04 Å². The molecule has 0 bridgehead atoms. The molecule has 1 N–H and O–H groups in total. The number of nitrogens with one attached hydrogen (secondary N) is 1. The first-order valence-corrected chi connectivity index (χ1v) is 7.01. The third kappa shape index (κ3) is 4.38. The molecule has 0 spiro atoms. The smallest absolute Gasteiger partial charge is 0.138 e. The fourth-order valence-electron chi connectivity index (χ4n) is 2.16. The zero-order valence-electron chi connectivity index (χ0n) is 12.2. The van der Waals surface area contributed by atoms with Crippen molar-refractivity contribution in [1.29, 1.82) is 0 Å². The predicted octanol–water partition coefficient (Wildman–Crippen LogP) is 1.16. The third-order valence-electron chi connectivity index (χ3n) is 3.52. The number of aromatic nitrogens is 3. The van der Waals surface area contributed by atoms with Gasteiger partial charge in [-0.3, -0.25) is 4.68 Å². The maximum atomic E-state index is 4.34. The molecule has 0 aromatic carbocycles. The first-order valence-electron chi connectivity index (χ1n) is 7.01. The molecule has 0 fully saturated rings. The van der Waals surface area contributed by atoms with Crippen LogP contribution in [0.4, 0.5) is 0 Å². The number of likely N-dealkylation sites (N-methyl/N-ethyl adjacent to an activating group) is 1. The summed E-state index contributed by atoms with van der Waals surface area (Å²) < 4.78 is 1.97. The summed E-state index contributed by atoms with van der Waals surface area (Å²) in [6.45, 7) is 10.8. The van der Waals surface area contributed by atoms with Crippen molar-refractivity contribution < 1.29 is 0 Å². The molecule has 0 amide bonds. The summed E-state index contributed by atoms with van der Waals surface area (Å²) in [5.74, 6) is 1.08. The molecule has 1 unspecified atom stereocenters. The van der Waals surface area contributed by atoms with Gasteiger partial charge in [0.05, 0.1) is 0 Å². The number of aryl methyl sites for hydroxylation is 1. The molecule has 0 radical (unpaired) electrons. The van der Waals surface area contributed by atoms with E-state index in [1.807, 2.05) is 11.7 Å². The molecule has 1 heterocycles. The van der Waals surface area contributed by atoms with Crippen molar-refractivity contribution in [2.24, 2.45) is 0 Å². The molecule has 5 heteroatoms. The molecule has 1 aromatic heterocycles. The first-order chi connectivity index (χ1) is 8.74. The lowest BCUT2D eigenvalue weighted by Crippen LogP contribution is -2.34. The average Bonchev–Trinajstić information content (AvgIpc) is 2.85. The van der Waals surface area contributed by atoms with Gasteiger partial charge in [-0.1, -0.05) is 13.8 Å². The summed E-state index contributed by atoms with van der Waals surface area (Å²) in [4.78, 5) is 6.79. The van der Waals surface area contributed by atoms with Gasteiger partial charge in [-0.05, 0) is 40.0 Å². The Bertz CT molecular complexity index is 319. The maximum absolute atomic E-state index is 4.34. The van der Waals surface area contributed by atoms with Crippen LogP contribution in [0, 0.1) is 0 Å². The summed E-state index contributed by atoms with van der Waals surface area (Å²) in [7, 11) is 2.03. The molecule has 0 saturated carbocycles. The van der Waals surface area contributed by atoms with Crippen molar-refractivity contribution in [3.05, 3.63) is 12.2 Å². The van der Waals surface area contributed by atoms with Crippen LogP contribution in [-0.2, 0) is 13.0 Å². The fraction of sp³-hybridized carbons (Fsp3) is 0.846. The van der Waals surface area contributed by atoms with E-state index in [4.69, 9.17) is 0 Å². The van der Waals surface area contributed by atoms with Gasteiger partial charge in [0.1, 0.15) is 12.2 Å². The topological polar surface area (TPSA) is 46.0 Å². The van der Waals surface area contributed by atoms with Crippen LogP contribution in [0.3, 0.4) is 0 Å². The van der Waals surface area contributed by atoms with Gasteiger partial charge in [-0.25, -0.2) is 4.98 Å². The van der Waals surface area contributed by atoms with Gasteiger partial charge in [0.2, 0.25) is 0 Å². The Hall–Kier alpha value is -0.940. The van der Waals surface area contributed by atoms with Crippen molar-refractivity contribution in [1.82, 2.24) is 25.0 Å². The van der Waals surface area contributed by atoms with E-state index in [1.165, 1.54) is 0 Å². The van der Waals surface area contributed by atoms with Crippen LogP contribution < -0.4 is 5.32 Å². The van der Waals surface area contributed by atoms with E-state index in [0.717, 1.165) is 44.8 Å². The van der Waals surface area contributed by atoms with Crippen molar-refractivity contribution in [3.8, 4) is 0 Å². The number of hydrogen-bond acceptors (Lipinski definition) is 4. The number of hydrogen-bond donors (Lipinski definition) is 1. The first kappa shape index (κ1) is 15.1. The Balaban J connectivity index is 2.46. The minimum atomic E-state index is 0.472. The Morgan fingerprint density at radius 2 is 2.06 bits per heavy atom. The lowest BCUT2D eigenvalue weighted by Gasteiger charge is -2.22. The predicted molar refractivity (Wildman–Crippen MR) is 74.7 cm³/mol. The molecular weight excluding hydrogens is 226 g/mol. The Labute approximate surface area is 111 Å². The van der Waals surface area contributed by atoms with E-state index in [-0.39, 0.29) is 0 Å². The van der Waals surface area contributed by atoms with Gasteiger partial charge in [-0.2, -0.15) is 5.10 Å². The highest BCUT2D eigenvalue weighted by molar-refractivity contribution is 4.89. The van der Waals surface area contributed by atoms with Crippen LogP contribution in [0.15, 0.2) is 6.33 Å². The molecule has 1 aromatic rings. The third-order valence-corrected chi connectivity index (χ3v) is 3.52. The van der Waals surface area contributed by atoms with E-state index in [1.54, 1.807) is 6.33 Å². The van der Waals surface area contributed by atoms with Crippen LogP contribution >= 0.6 is 0 Å². The van der Waals surface area contributed by atoms with Crippen molar-refractivity contribution in [3.63, 3.8) is 0 Å². The lowest BCUT2D eigenvalue weighted by atomic mass is 10.1. The SMILES string of the molecule is CCN(CC)CCC(Cc1ncnn1CC)NC. The number of nitrogens with zero attached hydrogens (tertiary/aromatic N) is 4. The second-order valence-electron chi connectivity index (χ2n) is 4.50. The molecule has 18 heavy (non-hydrogen) atoms. The molecular formula is C13H27N5. The van der Waals surface area contributed by atoms with Gasteiger partial charge in [0.15, 0.2) is 0 Å². The van der Waals surface area contributed by atoms with Gasteiger partial charge >= 0.3 is 0 Å². The highest BCUT2D eigenvalue weighted by Gasteiger charge is 2.12. The summed E-state index contributed by atoms with van der Waals surface area (Å²) in [5.41, 5.74) is 0. The largest absolute Gasteiger partial charge is 0.317 e. The zero-order valence-corrected chi connectivity index (χ0v) is 12.2. The highest BCUT2D eigenvalue weighted by atomic mass is 15.3. The van der Waals surface area contributed by atoms with Gasteiger partial charge in [-0.15, -0.1) is 0 Å². The molecule has 1 rings (SSSR count). The summed E-state index contributed by atoms with van der Waals surface area (Å²) in [6.07, 6.45) is 3.75. The quantitative estimate of drug-likeness (QED) is 0.717. The summed E-state index contributed by atoms with van der Waals surface area (Å²) in [6, 6.07) is 0.472. The van der Waals surface area contributed by atoms with Crippen LogP contribution in [0.1, 0.15) is 33.0 Å². The molecule has 1 atom stereocenters. The van der Waals surface area contributed by atoms with E-state index < -0.39 is 0 Å². The van der Waals surface area contributed by atoms with E-state index >= 15 is 0 Å². The van der Waals surface area contributed by atoms with Crippen LogP contribution in [0.25, 0.3) is 0 Å². The van der Waals surface area contributed by atoms with Crippen molar-refractivity contribution >= 4 is 0 Å². The molecule has 104 valence electrons. The Morgan fingerprint density at radius 3 is 2.61 bits per heavy atom. The number of rotatable bonds is 9. The molecule has 0 saturated heterocycles. The average molecular weight is 253 g/mol. The fourth-order valence-corrected chi connectivity index (χ4v) is 2.16. The van der Waals surface area contributed by atoms with Crippen LogP contribution in [0.5, 0.6) is 0 Å². The van der Waals surface area contributed by atoms with Crippen LogP contribution in [0.2, 0.25) is 0 Å². The van der Waals surface area contributed by atoms with E-state index in [2.05, 4.69) is 41.1 Å². The summed E-state index contributed by atoms with van der Waals surface area (Å²) in [5, 5.41) is 7.60. The Morgan fingerprint density at radius 1 is 1.33 bits per heavy atom. The van der Waals surface area contributed by atoms with Gasteiger partial charge in [0.25, 0.3) is 0 Å². The highest BCUT2D eigenvalue weighted by Crippen LogP contribution is 2.04. The minimum absolute atomic E-state index is 0.472. The van der Waals surface area contributed by atoms with Crippen LogP contribution in [-0.4, -0.2) is 52.4 Å². The molecule has 0 aliphatic carbocycles. The minimum Gasteiger partial charge on any atom is -0.317 e. The normalized spacial score (nSPS) is 13.2. The lowest BCUT2D eigenvalue weighted by molar-refractivity contribution is 0.282. The summed E-state index contributed by atoms with van der Waals surface area (Å²) >= 11 is 0. The molecule has 0 aliphatic heterocycles. The van der Waals surface area contributed by atoms with Crippen molar-refractivity contribution in [2.45, 2.75) is 46.2 Å². The van der Waals surface area contributed by atoms with Gasteiger partial charge in [0, 0.05) is 19.0 Å². The Kier molecular flexibility index (Phi) is 6.90. The molecule has 5 nitrogen and oxygen atoms in total. The second kappa shape index (κ2) is 8.21. The maximum Gasteiger partial charge on any atom is 0.138 e. The van der Waals surface area contributed by atoms with Crippen molar-refractivity contribution in [2.75, 3.05) is 26.7 Å². The van der Waals surface area contributed by atoms with Gasteiger partial charge < -0.3 is 10.2 Å². The monoisotopic (exact) mass is 253 g/mol. The second-order valence-corrected chi connectivity index (χ2v) is 4.50. The zero-order chi connectivity index (χ0) is 13.4. The standard InChI is InChI=1S/C13H27N5/c1-5-17(6-2)9-8-12(14-4)10-13-15-11-16-18(13)7-3/h11-12,14H,5-10H2,1-4H3. The van der Waals surface area contributed by atoms with E-state index in [9.17, 15) is 0 Å².